The topological polar surface area (TPSA) is 85.8 Å². The third kappa shape index (κ3) is 6.46. The molecule has 2 aromatic carbocycles. The van der Waals surface area contributed by atoms with E-state index in [1.165, 1.54) is 0 Å². The summed E-state index contributed by atoms with van der Waals surface area (Å²) in [6.07, 6.45) is 0.812. The van der Waals surface area contributed by atoms with E-state index in [-0.39, 0.29) is 11.9 Å². The van der Waals surface area contributed by atoms with Crippen molar-refractivity contribution in [1.29, 1.82) is 0 Å². The van der Waals surface area contributed by atoms with Crippen molar-refractivity contribution < 1.29 is 19.0 Å². The Morgan fingerprint density at radius 3 is 2.83 bits per heavy atom. The van der Waals surface area contributed by atoms with Gasteiger partial charge in [-0.1, -0.05) is 11.6 Å². The van der Waals surface area contributed by atoms with Crippen LogP contribution in [0.3, 0.4) is 0 Å². The number of carbonyl (C=O) groups excluding carboxylic acids is 1. The fourth-order valence-corrected chi connectivity index (χ4v) is 4.34. The smallest absolute Gasteiger partial charge is 0.270 e. The summed E-state index contributed by atoms with van der Waals surface area (Å²) >= 11 is 6.21. The first kappa shape index (κ1) is 25.3. The molecular formula is C26H31ClN4O4. The minimum atomic E-state index is -0.234. The van der Waals surface area contributed by atoms with Gasteiger partial charge in [0.15, 0.2) is 5.82 Å². The highest BCUT2D eigenvalue weighted by atomic mass is 35.5. The highest BCUT2D eigenvalue weighted by Crippen LogP contribution is 2.25. The van der Waals surface area contributed by atoms with Crippen LogP contribution in [0.5, 0.6) is 5.75 Å². The molecule has 4 rings (SSSR count). The van der Waals surface area contributed by atoms with Gasteiger partial charge in [-0.15, -0.1) is 0 Å². The standard InChI is InChI=1S/C26H31ClN4O4/c1-3-35-21-8-5-18(6-9-21)25-29-23-15-19(27)7-10-22(23)24(30-25)26(32)28-11-4-12-31-13-14-34-17-20(31)16-33-2/h5-10,15,20H,3-4,11-14,16-17H2,1-2H3,(H,28,32)/t20-/m0/s1. The average Bonchev–Trinajstić information content (AvgIpc) is 2.87. The van der Waals surface area contributed by atoms with Gasteiger partial charge < -0.3 is 19.5 Å². The summed E-state index contributed by atoms with van der Waals surface area (Å²) in [5.74, 6) is 0.997. The molecule has 0 radical (unpaired) electrons. The number of benzene rings is 2. The molecular weight excluding hydrogens is 468 g/mol. The van der Waals surface area contributed by atoms with Gasteiger partial charge in [-0.2, -0.15) is 0 Å². The molecule has 1 aromatic heterocycles. The zero-order chi connectivity index (χ0) is 24.6. The fraction of sp³-hybridized carbons (Fsp3) is 0.423. The lowest BCUT2D eigenvalue weighted by Gasteiger charge is -2.35. The zero-order valence-corrected chi connectivity index (χ0v) is 20.9. The van der Waals surface area contributed by atoms with Crippen LogP contribution in [-0.2, 0) is 9.47 Å². The van der Waals surface area contributed by atoms with Crippen molar-refractivity contribution in [3.63, 3.8) is 0 Å². The maximum absolute atomic E-state index is 13.2. The van der Waals surface area contributed by atoms with Gasteiger partial charge in [0.05, 0.1) is 38.0 Å². The number of morpholine rings is 1. The molecule has 186 valence electrons. The Balaban J connectivity index is 1.48. The summed E-state index contributed by atoms with van der Waals surface area (Å²) in [5.41, 5.74) is 1.75. The number of amides is 1. The van der Waals surface area contributed by atoms with Gasteiger partial charge >= 0.3 is 0 Å². The summed E-state index contributed by atoms with van der Waals surface area (Å²) in [5, 5.41) is 4.24. The second kappa shape index (κ2) is 12.3. The Labute approximate surface area is 210 Å². The van der Waals surface area contributed by atoms with Gasteiger partial charge in [0.1, 0.15) is 11.4 Å². The van der Waals surface area contributed by atoms with Crippen molar-refractivity contribution in [3.8, 4) is 17.1 Å². The molecule has 1 amide bonds. The number of hydrogen-bond acceptors (Lipinski definition) is 7. The minimum Gasteiger partial charge on any atom is -0.494 e. The van der Waals surface area contributed by atoms with Crippen LogP contribution in [-0.4, -0.2) is 80.0 Å². The highest BCUT2D eigenvalue weighted by Gasteiger charge is 2.22. The van der Waals surface area contributed by atoms with E-state index in [2.05, 4.69) is 20.2 Å². The number of ether oxygens (including phenoxy) is 3. The Morgan fingerprint density at radius 2 is 2.06 bits per heavy atom. The number of hydrogen-bond donors (Lipinski definition) is 1. The van der Waals surface area contributed by atoms with Crippen LogP contribution >= 0.6 is 11.6 Å². The van der Waals surface area contributed by atoms with Crippen molar-refractivity contribution in [1.82, 2.24) is 20.2 Å². The first-order chi connectivity index (χ1) is 17.1. The normalized spacial score (nSPS) is 16.4. The molecule has 0 unspecified atom stereocenters. The van der Waals surface area contributed by atoms with Crippen LogP contribution in [0.1, 0.15) is 23.8 Å². The van der Waals surface area contributed by atoms with E-state index in [1.807, 2.05) is 31.2 Å². The molecule has 3 aromatic rings. The van der Waals surface area contributed by atoms with E-state index >= 15 is 0 Å². The Bertz CT molecular complexity index is 1140. The Hall–Kier alpha value is -2.78. The van der Waals surface area contributed by atoms with Crippen LogP contribution in [0.15, 0.2) is 42.5 Å². The van der Waals surface area contributed by atoms with E-state index in [1.54, 1.807) is 25.3 Å². The molecule has 1 aliphatic heterocycles. The van der Waals surface area contributed by atoms with Gasteiger partial charge in [-0.25, -0.2) is 9.97 Å². The largest absolute Gasteiger partial charge is 0.494 e. The summed E-state index contributed by atoms with van der Waals surface area (Å²) < 4.78 is 16.4. The molecule has 0 bridgehead atoms. The van der Waals surface area contributed by atoms with E-state index in [0.29, 0.717) is 53.8 Å². The molecule has 0 saturated carbocycles. The maximum Gasteiger partial charge on any atom is 0.270 e. The summed E-state index contributed by atoms with van der Waals surface area (Å²) in [6.45, 7) is 6.81. The number of carbonyl (C=O) groups is 1. The van der Waals surface area contributed by atoms with E-state index in [9.17, 15) is 4.79 Å². The molecule has 2 heterocycles. The van der Waals surface area contributed by atoms with Gasteiger partial charge in [0, 0.05) is 42.7 Å². The highest BCUT2D eigenvalue weighted by molar-refractivity contribution is 6.31. The summed E-state index contributed by atoms with van der Waals surface area (Å²) in [6, 6.07) is 13.0. The molecule has 0 aliphatic carbocycles. The predicted octanol–water partition coefficient (Wildman–Crippen LogP) is 3.82. The van der Waals surface area contributed by atoms with Crippen molar-refractivity contribution in [2.24, 2.45) is 0 Å². The molecule has 1 atom stereocenters. The number of rotatable bonds is 10. The Morgan fingerprint density at radius 1 is 1.23 bits per heavy atom. The van der Waals surface area contributed by atoms with Crippen LogP contribution in [0.2, 0.25) is 5.02 Å². The van der Waals surface area contributed by atoms with Gasteiger partial charge in [-0.05, 0) is 55.8 Å². The quantitative estimate of drug-likeness (QED) is 0.425. The lowest BCUT2D eigenvalue weighted by Crippen LogP contribution is -2.48. The third-order valence-corrected chi connectivity index (χ3v) is 6.15. The van der Waals surface area contributed by atoms with Gasteiger partial charge in [0.25, 0.3) is 5.91 Å². The second-order valence-electron chi connectivity index (χ2n) is 8.34. The SMILES string of the molecule is CCOc1ccc(-c2nc(C(=O)NCCCN3CCOC[C@@H]3COC)c3ccc(Cl)cc3n2)cc1. The summed E-state index contributed by atoms with van der Waals surface area (Å²) in [7, 11) is 1.70. The Kier molecular flexibility index (Phi) is 8.87. The second-order valence-corrected chi connectivity index (χ2v) is 8.78. The van der Waals surface area contributed by atoms with Gasteiger partial charge in [-0.3, -0.25) is 9.69 Å². The molecule has 9 heteroatoms. The predicted molar refractivity (Wildman–Crippen MR) is 136 cm³/mol. The fourth-order valence-electron chi connectivity index (χ4n) is 4.17. The average molecular weight is 499 g/mol. The molecule has 0 spiro atoms. The number of methoxy groups -OCH3 is 1. The maximum atomic E-state index is 13.2. The molecule has 1 aliphatic rings. The van der Waals surface area contributed by atoms with E-state index < -0.39 is 0 Å². The number of nitrogens with one attached hydrogen (secondary N) is 1. The first-order valence-electron chi connectivity index (χ1n) is 11.9. The molecule has 35 heavy (non-hydrogen) atoms. The van der Waals surface area contributed by atoms with E-state index in [4.69, 9.17) is 25.8 Å². The number of aromatic nitrogens is 2. The van der Waals surface area contributed by atoms with Crippen LogP contribution < -0.4 is 10.1 Å². The molecule has 1 N–H and O–H groups in total. The van der Waals surface area contributed by atoms with Crippen molar-refractivity contribution in [3.05, 3.63) is 53.2 Å². The summed E-state index contributed by atoms with van der Waals surface area (Å²) in [4.78, 5) is 24.8. The van der Waals surface area contributed by atoms with Crippen LogP contribution in [0, 0.1) is 0 Å². The van der Waals surface area contributed by atoms with Crippen molar-refractivity contribution in [2.75, 3.05) is 53.2 Å². The first-order valence-corrected chi connectivity index (χ1v) is 12.3. The van der Waals surface area contributed by atoms with Crippen LogP contribution in [0.25, 0.3) is 22.3 Å². The van der Waals surface area contributed by atoms with Crippen molar-refractivity contribution >= 4 is 28.4 Å². The van der Waals surface area contributed by atoms with Gasteiger partial charge in [0.2, 0.25) is 0 Å². The number of halogens is 1. The molecule has 8 nitrogen and oxygen atoms in total. The van der Waals surface area contributed by atoms with Crippen molar-refractivity contribution in [2.45, 2.75) is 19.4 Å². The minimum absolute atomic E-state index is 0.234. The zero-order valence-electron chi connectivity index (χ0n) is 20.1. The number of fused-ring (bicyclic) bond motifs is 1. The monoisotopic (exact) mass is 498 g/mol. The molecule has 1 saturated heterocycles. The molecule has 1 fully saturated rings. The lowest BCUT2D eigenvalue weighted by molar-refractivity contribution is -0.0351. The third-order valence-electron chi connectivity index (χ3n) is 5.91. The lowest BCUT2D eigenvalue weighted by atomic mass is 10.1. The van der Waals surface area contributed by atoms with Crippen LogP contribution in [0.4, 0.5) is 0 Å². The number of nitrogens with zero attached hydrogens (tertiary/aromatic N) is 3. The van der Waals surface area contributed by atoms with E-state index in [0.717, 1.165) is 37.4 Å².